The van der Waals surface area contributed by atoms with E-state index < -0.39 is 17.8 Å². The molecule has 26 heavy (non-hydrogen) atoms. The van der Waals surface area contributed by atoms with E-state index in [1.54, 1.807) is 12.1 Å². The maximum absolute atomic E-state index is 13.0. The van der Waals surface area contributed by atoms with Crippen molar-refractivity contribution in [1.82, 2.24) is 4.98 Å². The summed E-state index contributed by atoms with van der Waals surface area (Å²) in [5.41, 5.74) is -0.671. The average Bonchev–Trinajstić information content (AvgIpc) is 3.16. The minimum absolute atomic E-state index is 0.138. The third-order valence-corrected chi connectivity index (χ3v) is 4.52. The molecule has 1 aliphatic heterocycles. The molecule has 0 fully saturated rings. The van der Waals surface area contributed by atoms with Crippen molar-refractivity contribution in [2.45, 2.75) is 6.18 Å². The number of ether oxygens (including phenoxy) is 2. The number of halogens is 3. The van der Waals surface area contributed by atoms with Gasteiger partial charge in [0, 0.05) is 12.1 Å². The summed E-state index contributed by atoms with van der Waals surface area (Å²) >= 11 is 1.17. The fourth-order valence-electron chi connectivity index (χ4n) is 2.46. The summed E-state index contributed by atoms with van der Waals surface area (Å²) in [6.45, 7) is 0.138. The minimum Gasteiger partial charge on any atom is -0.454 e. The molecule has 10 heteroatoms. The molecule has 6 nitrogen and oxygen atoms in total. The van der Waals surface area contributed by atoms with Crippen LogP contribution in [0, 0.1) is 0 Å². The summed E-state index contributed by atoms with van der Waals surface area (Å²) in [7, 11) is 0. The van der Waals surface area contributed by atoms with Crippen molar-refractivity contribution >= 4 is 38.4 Å². The van der Waals surface area contributed by atoms with Crippen molar-refractivity contribution in [3.63, 3.8) is 0 Å². The Labute approximate surface area is 148 Å². The van der Waals surface area contributed by atoms with Gasteiger partial charge in [-0.3, -0.25) is 5.32 Å². The molecule has 2 aromatic carbocycles. The SMILES string of the molecule is O=C(Nc1nc2cc3c(cc2s1)OCO3)Nc1ccccc1C(F)(F)F. The van der Waals surface area contributed by atoms with Gasteiger partial charge in [-0.05, 0) is 12.1 Å². The van der Waals surface area contributed by atoms with E-state index in [0.717, 1.165) is 10.8 Å². The highest BCUT2D eigenvalue weighted by Crippen LogP contribution is 2.39. The summed E-state index contributed by atoms with van der Waals surface area (Å²) in [6, 6.07) is 7.33. The fraction of sp³-hybridized carbons (Fsp3) is 0.125. The predicted octanol–water partition coefficient (Wildman–Crippen LogP) is 4.69. The molecule has 2 heterocycles. The number of carbonyl (C=O) groups is 1. The van der Waals surface area contributed by atoms with Crippen LogP contribution in [0.3, 0.4) is 0 Å². The molecule has 0 unspecified atom stereocenters. The summed E-state index contributed by atoms with van der Waals surface area (Å²) in [4.78, 5) is 16.3. The number of hydrogen-bond acceptors (Lipinski definition) is 5. The van der Waals surface area contributed by atoms with Crippen LogP contribution >= 0.6 is 11.3 Å². The number of para-hydroxylation sites is 1. The summed E-state index contributed by atoms with van der Waals surface area (Å²) in [5, 5.41) is 4.89. The van der Waals surface area contributed by atoms with Crippen molar-refractivity contribution < 1.29 is 27.4 Å². The smallest absolute Gasteiger partial charge is 0.418 e. The number of anilines is 2. The number of nitrogens with one attached hydrogen (secondary N) is 2. The quantitative estimate of drug-likeness (QED) is 0.676. The monoisotopic (exact) mass is 381 g/mol. The lowest BCUT2D eigenvalue weighted by Gasteiger charge is -2.13. The molecule has 134 valence electrons. The van der Waals surface area contributed by atoms with E-state index in [0.29, 0.717) is 17.0 Å². The van der Waals surface area contributed by atoms with Crippen LogP contribution in [0.4, 0.5) is 28.8 Å². The van der Waals surface area contributed by atoms with Gasteiger partial charge in [0.25, 0.3) is 0 Å². The number of thiazole rings is 1. The first-order valence-corrected chi connectivity index (χ1v) is 8.16. The van der Waals surface area contributed by atoms with Gasteiger partial charge in [-0.2, -0.15) is 13.2 Å². The van der Waals surface area contributed by atoms with Gasteiger partial charge in [-0.15, -0.1) is 0 Å². The van der Waals surface area contributed by atoms with Gasteiger partial charge in [-0.1, -0.05) is 23.5 Å². The van der Waals surface area contributed by atoms with Crippen molar-refractivity contribution in [2.75, 3.05) is 17.4 Å². The molecule has 3 aromatic rings. The first kappa shape index (κ1) is 16.5. The van der Waals surface area contributed by atoms with Crippen LogP contribution < -0.4 is 20.1 Å². The number of fused-ring (bicyclic) bond motifs is 2. The second kappa shape index (κ2) is 6.06. The second-order valence-corrected chi connectivity index (χ2v) is 6.35. The molecule has 0 radical (unpaired) electrons. The number of alkyl halides is 3. The Balaban J connectivity index is 1.53. The Morgan fingerprint density at radius 3 is 2.62 bits per heavy atom. The highest BCUT2D eigenvalue weighted by atomic mass is 32.1. The van der Waals surface area contributed by atoms with Crippen molar-refractivity contribution in [2.24, 2.45) is 0 Å². The number of aromatic nitrogens is 1. The average molecular weight is 381 g/mol. The highest BCUT2D eigenvalue weighted by Gasteiger charge is 2.33. The van der Waals surface area contributed by atoms with E-state index in [-0.39, 0.29) is 17.6 Å². The number of carbonyl (C=O) groups excluding carboxylic acids is 1. The first-order chi connectivity index (χ1) is 12.4. The van der Waals surface area contributed by atoms with E-state index >= 15 is 0 Å². The largest absolute Gasteiger partial charge is 0.454 e. The maximum atomic E-state index is 13.0. The number of amides is 2. The Bertz CT molecular complexity index is 962. The van der Waals surface area contributed by atoms with E-state index in [1.807, 2.05) is 0 Å². The van der Waals surface area contributed by atoms with E-state index in [1.165, 1.54) is 29.5 Å². The van der Waals surface area contributed by atoms with Gasteiger partial charge in [0.15, 0.2) is 16.6 Å². The van der Waals surface area contributed by atoms with E-state index in [2.05, 4.69) is 15.6 Å². The van der Waals surface area contributed by atoms with Gasteiger partial charge >= 0.3 is 12.2 Å². The lowest BCUT2D eigenvalue weighted by molar-refractivity contribution is -0.136. The van der Waals surface area contributed by atoms with Gasteiger partial charge < -0.3 is 14.8 Å². The molecule has 0 atom stereocenters. The van der Waals surface area contributed by atoms with Gasteiger partial charge in [0.2, 0.25) is 6.79 Å². The molecule has 1 aliphatic rings. The normalized spacial score (nSPS) is 13.0. The van der Waals surface area contributed by atoms with Crippen LogP contribution in [0.15, 0.2) is 36.4 Å². The molecule has 0 aliphatic carbocycles. The number of nitrogens with zero attached hydrogens (tertiary/aromatic N) is 1. The van der Waals surface area contributed by atoms with Crippen molar-refractivity contribution in [3.8, 4) is 11.5 Å². The van der Waals surface area contributed by atoms with Crippen molar-refractivity contribution in [1.29, 1.82) is 0 Å². The molecule has 4 rings (SSSR count). The Hall–Kier alpha value is -3.01. The lowest BCUT2D eigenvalue weighted by Crippen LogP contribution is -2.21. The van der Waals surface area contributed by atoms with Gasteiger partial charge in [-0.25, -0.2) is 9.78 Å². The molecule has 0 saturated carbocycles. The number of rotatable bonds is 2. The highest BCUT2D eigenvalue weighted by molar-refractivity contribution is 7.22. The maximum Gasteiger partial charge on any atom is 0.418 e. The molecule has 2 amide bonds. The minimum atomic E-state index is -4.57. The zero-order chi connectivity index (χ0) is 18.3. The van der Waals surface area contributed by atoms with Crippen LogP contribution in [0.1, 0.15) is 5.56 Å². The zero-order valence-electron chi connectivity index (χ0n) is 12.9. The molecule has 2 N–H and O–H groups in total. The Morgan fingerprint density at radius 1 is 1.12 bits per heavy atom. The number of hydrogen-bond donors (Lipinski definition) is 2. The van der Waals surface area contributed by atoms with Gasteiger partial charge in [0.1, 0.15) is 0 Å². The van der Waals surface area contributed by atoms with E-state index in [9.17, 15) is 18.0 Å². The lowest BCUT2D eigenvalue weighted by atomic mass is 10.1. The van der Waals surface area contributed by atoms with Crippen LogP contribution in [-0.2, 0) is 6.18 Å². The Kier molecular flexibility index (Phi) is 3.83. The molecule has 0 spiro atoms. The second-order valence-electron chi connectivity index (χ2n) is 5.31. The number of benzene rings is 2. The van der Waals surface area contributed by atoms with Crippen LogP contribution in [0.2, 0.25) is 0 Å². The topological polar surface area (TPSA) is 72.5 Å². The van der Waals surface area contributed by atoms with E-state index in [4.69, 9.17) is 9.47 Å². The molecular weight excluding hydrogens is 371 g/mol. The van der Waals surface area contributed by atoms with Gasteiger partial charge in [0.05, 0.1) is 21.5 Å². The standard InChI is InChI=1S/C16H10F3N3O3S/c17-16(18,19)8-3-1-2-4-9(8)20-14(23)22-15-21-10-5-11-12(25-7-24-11)6-13(10)26-15/h1-6H,7H2,(H2,20,21,22,23). The first-order valence-electron chi connectivity index (χ1n) is 7.34. The third-order valence-electron chi connectivity index (χ3n) is 3.58. The summed E-state index contributed by atoms with van der Waals surface area (Å²) in [5.74, 6) is 1.13. The summed E-state index contributed by atoms with van der Waals surface area (Å²) in [6.07, 6.45) is -4.57. The van der Waals surface area contributed by atoms with Crippen LogP contribution in [0.25, 0.3) is 10.2 Å². The van der Waals surface area contributed by atoms with Crippen molar-refractivity contribution in [3.05, 3.63) is 42.0 Å². The molecule has 0 bridgehead atoms. The molecular formula is C16H10F3N3O3S. The predicted molar refractivity (Wildman–Crippen MR) is 89.8 cm³/mol. The van der Waals surface area contributed by atoms with Crippen LogP contribution in [0.5, 0.6) is 11.5 Å². The third kappa shape index (κ3) is 3.10. The Morgan fingerprint density at radius 2 is 1.85 bits per heavy atom. The fourth-order valence-corrected chi connectivity index (χ4v) is 3.33. The number of urea groups is 1. The molecule has 1 aromatic heterocycles. The van der Waals surface area contributed by atoms with Crippen LogP contribution in [-0.4, -0.2) is 17.8 Å². The molecule has 0 saturated heterocycles. The zero-order valence-corrected chi connectivity index (χ0v) is 13.7. The summed E-state index contributed by atoms with van der Waals surface area (Å²) < 4.78 is 50.2.